The number of likely N-dealkylation sites (N-methyl/N-ethyl adjacent to an activating group) is 1. The van der Waals surface area contributed by atoms with Crippen LogP contribution in [0.25, 0.3) is 0 Å². The van der Waals surface area contributed by atoms with Gasteiger partial charge < -0.3 is 20.6 Å². The Kier molecular flexibility index (Phi) is 7.85. The second-order valence-electron chi connectivity index (χ2n) is 5.21. The zero-order valence-electron chi connectivity index (χ0n) is 12.3. The van der Waals surface area contributed by atoms with Crippen molar-refractivity contribution >= 4 is 23.8 Å². The number of thioether (sulfide) groups is 1. The average Bonchev–Trinajstić information content (AvgIpc) is 2.31. The first kappa shape index (κ1) is 18.0. The molecule has 0 aliphatic heterocycles. The third-order valence-electron chi connectivity index (χ3n) is 3.11. The normalized spacial score (nSPS) is 13.2. The van der Waals surface area contributed by atoms with Crippen molar-refractivity contribution in [2.24, 2.45) is 0 Å². The Balaban J connectivity index is 4.24. The van der Waals surface area contributed by atoms with E-state index in [0.29, 0.717) is 18.7 Å². The zero-order chi connectivity index (χ0) is 15.1. The molecule has 0 rings (SSSR count). The molecule has 1 atom stereocenters. The molecule has 7 heteroatoms. The first-order valence-electron chi connectivity index (χ1n) is 6.14. The molecule has 0 radical (unpaired) electrons. The van der Waals surface area contributed by atoms with Crippen molar-refractivity contribution in [1.82, 2.24) is 15.5 Å². The van der Waals surface area contributed by atoms with Crippen LogP contribution in [0.4, 0.5) is 4.79 Å². The minimum atomic E-state index is -1.00. The number of urea groups is 1. The lowest BCUT2D eigenvalue weighted by Gasteiger charge is -2.32. The van der Waals surface area contributed by atoms with Gasteiger partial charge in [-0.25, -0.2) is 9.59 Å². The Bertz CT molecular complexity index is 309. The van der Waals surface area contributed by atoms with Crippen LogP contribution in [0.3, 0.4) is 0 Å². The van der Waals surface area contributed by atoms with Crippen LogP contribution < -0.4 is 10.6 Å². The Hall–Kier alpha value is -0.950. The maximum Gasteiger partial charge on any atom is 0.326 e. The van der Waals surface area contributed by atoms with Gasteiger partial charge in [0.15, 0.2) is 0 Å². The topological polar surface area (TPSA) is 81.7 Å². The second-order valence-corrected chi connectivity index (χ2v) is 6.19. The van der Waals surface area contributed by atoms with Gasteiger partial charge in [-0.15, -0.1) is 0 Å². The van der Waals surface area contributed by atoms with E-state index in [9.17, 15) is 9.59 Å². The van der Waals surface area contributed by atoms with E-state index < -0.39 is 18.0 Å². The molecule has 3 N–H and O–H groups in total. The quantitative estimate of drug-likeness (QED) is 0.617. The number of aliphatic carboxylic acids is 1. The highest BCUT2D eigenvalue weighted by Crippen LogP contribution is 2.07. The number of carbonyl (C=O) groups is 2. The summed E-state index contributed by atoms with van der Waals surface area (Å²) in [4.78, 5) is 24.7. The van der Waals surface area contributed by atoms with Crippen LogP contribution in [0.1, 0.15) is 20.3 Å². The number of nitrogens with zero attached hydrogens (tertiary/aromatic N) is 1. The Labute approximate surface area is 119 Å². The second kappa shape index (κ2) is 8.27. The van der Waals surface area contributed by atoms with Crippen LogP contribution in [0.15, 0.2) is 0 Å². The van der Waals surface area contributed by atoms with Gasteiger partial charge in [0.25, 0.3) is 0 Å². The fourth-order valence-corrected chi connectivity index (χ4v) is 1.63. The molecule has 0 aliphatic carbocycles. The van der Waals surface area contributed by atoms with E-state index in [1.54, 1.807) is 11.8 Å². The SMILES string of the molecule is CSCC[C@@H](NC(=O)NCC(C)(C)N(C)C)C(=O)O. The van der Waals surface area contributed by atoms with Gasteiger partial charge in [0, 0.05) is 12.1 Å². The van der Waals surface area contributed by atoms with Crippen LogP contribution >= 0.6 is 11.8 Å². The minimum absolute atomic E-state index is 0.185. The third kappa shape index (κ3) is 7.27. The zero-order valence-corrected chi connectivity index (χ0v) is 13.1. The van der Waals surface area contributed by atoms with Gasteiger partial charge in [0.1, 0.15) is 6.04 Å². The fraction of sp³-hybridized carbons (Fsp3) is 0.833. The number of carbonyl (C=O) groups excluding carboxylic acids is 1. The number of amides is 2. The molecule has 19 heavy (non-hydrogen) atoms. The van der Waals surface area contributed by atoms with Gasteiger partial charge in [-0.1, -0.05) is 0 Å². The van der Waals surface area contributed by atoms with Crippen LogP contribution in [0.5, 0.6) is 0 Å². The highest BCUT2D eigenvalue weighted by Gasteiger charge is 2.23. The lowest BCUT2D eigenvalue weighted by molar-refractivity contribution is -0.139. The molecule has 0 saturated carbocycles. The first-order valence-corrected chi connectivity index (χ1v) is 7.53. The Morgan fingerprint density at radius 3 is 2.37 bits per heavy atom. The molecular weight excluding hydrogens is 266 g/mol. The number of carboxylic acid groups (broad SMARTS) is 1. The van der Waals surface area contributed by atoms with Crippen LogP contribution in [-0.2, 0) is 4.79 Å². The molecule has 0 aromatic rings. The summed E-state index contributed by atoms with van der Waals surface area (Å²) in [6, 6.07) is -1.28. The maximum atomic E-state index is 11.7. The summed E-state index contributed by atoms with van der Waals surface area (Å²) >= 11 is 1.55. The summed E-state index contributed by atoms with van der Waals surface area (Å²) in [5.74, 6) is -0.309. The number of nitrogens with one attached hydrogen (secondary N) is 2. The third-order valence-corrected chi connectivity index (χ3v) is 3.75. The molecule has 0 aromatic carbocycles. The number of rotatable bonds is 8. The molecule has 0 aliphatic rings. The summed E-state index contributed by atoms with van der Waals surface area (Å²) < 4.78 is 0. The summed E-state index contributed by atoms with van der Waals surface area (Å²) in [5.41, 5.74) is -0.185. The number of hydrogen-bond donors (Lipinski definition) is 3. The predicted molar refractivity (Wildman–Crippen MR) is 78.7 cm³/mol. The monoisotopic (exact) mass is 291 g/mol. The van der Waals surface area contributed by atoms with Gasteiger partial charge in [-0.3, -0.25) is 0 Å². The molecule has 0 spiro atoms. The van der Waals surface area contributed by atoms with E-state index in [-0.39, 0.29) is 5.54 Å². The lowest BCUT2D eigenvalue weighted by atomic mass is 10.0. The van der Waals surface area contributed by atoms with E-state index in [0.717, 1.165) is 0 Å². The maximum absolute atomic E-state index is 11.7. The predicted octanol–water partition coefficient (Wildman–Crippen LogP) is 0.832. The van der Waals surface area contributed by atoms with E-state index in [2.05, 4.69) is 10.6 Å². The van der Waals surface area contributed by atoms with Crippen molar-refractivity contribution in [2.75, 3.05) is 32.6 Å². The van der Waals surface area contributed by atoms with E-state index >= 15 is 0 Å². The van der Waals surface area contributed by atoms with Crippen molar-refractivity contribution in [3.63, 3.8) is 0 Å². The van der Waals surface area contributed by atoms with Crippen LogP contribution in [-0.4, -0.2) is 66.2 Å². The largest absolute Gasteiger partial charge is 0.480 e. The molecule has 2 amide bonds. The first-order chi connectivity index (χ1) is 8.70. The van der Waals surface area contributed by atoms with Crippen molar-refractivity contribution in [2.45, 2.75) is 31.8 Å². The highest BCUT2D eigenvalue weighted by atomic mass is 32.2. The van der Waals surface area contributed by atoms with E-state index in [4.69, 9.17) is 5.11 Å². The number of hydrogen-bond acceptors (Lipinski definition) is 4. The summed E-state index contributed by atoms with van der Waals surface area (Å²) in [6.45, 7) is 4.44. The standard InChI is InChI=1S/C12H25N3O3S/c1-12(2,15(3)4)8-13-11(18)14-9(10(16)17)6-7-19-5/h9H,6-8H2,1-5H3,(H,16,17)(H2,13,14,18)/t9-/m1/s1. The molecule has 0 fully saturated rings. The summed E-state index contributed by atoms with van der Waals surface area (Å²) in [7, 11) is 3.86. The summed E-state index contributed by atoms with van der Waals surface area (Å²) in [6.07, 6.45) is 2.32. The van der Waals surface area contributed by atoms with Gasteiger partial charge in [-0.05, 0) is 46.4 Å². The fourth-order valence-electron chi connectivity index (χ4n) is 1.16. The molecule has 6 nitrogen and oxygen atoms in total. The minimum Gasteiger partial charge on any atom is -0.480 e. The van der Waals surface area contributed by atoms with Crippen LogP contribution in [0.2, 0.25) is 0 Å². The lowest BCUT2D eigenvalue weighted by Crippen LogP contribution is -2.53. The average molecular weight is 291 g/mol. The smallest absolute Gasteiger partial charge is 0.326 e. The molecule has 0 unspecified atom stereocenters. The number of carboxylic acids is 1. The van der Waals surface area contributed by atoms with Gasteiger partial charge in [0.2, 0.25) is 0 Å². The summed E-state index contributed by atoms with van der Waals surface area (Å²) in [5, 5.41) is 14.2. The highest BCUT2D eigenvalue weighted by molar-refractivity contribution is 7.98. The Morgan fingerprint density at radius 1 is 1.37 bits per heavy atom. The molecule has 0 saturated heterocycles. The molecule has 0 aromatic heterocycles. The molecule has 0 heterocycles. The van der Waals surface area contributed by atoms with Gasteiger partial charge >= 0.3 is 12.0 Å². The van der Waals surface area contributed by atoms with Crippen molar-refractivity contribution in [1.29, 1.82) is 0 Å². The Morgan fingerprint density at radius 2 is 1.95 bits per heavy atom. The molecule has 112 valence electrons. The van der Waals surface area contributed by atoms with Crippen LogP contribution in [0, 0.1) is 0 Å². The van der Waals surface area contributed by atoms with Crippen molar-refractivity contribution in [3.8, 4) is 0 Å². The molecular formula is C12H25N3O3S. The van der Waals surface area contributed by atoms with Gasteiger partial charge in [0.05, 0.1) is 0 Å². The van der Waals surface area contributed by atoms with E-state index in [1.807, 2.05) is 39.1 Å². The van der Waals surface area contributed by atoms with Gasteiger partial charge in [-0.2, -0.15) is 11.8 Å². The van der Waals surface area contributed by atoms with E-state index in [1.165, 1.54) is 0 Å². The van der Waals surface area contributed by atoms with Crippen molar-refractivity contribution in [3.05, 3.63) is 0 Å². The molecule has 0 bridgehead atoms. The van der Waals surface area contributed by atoms with Crippen molar-refractivity contribution < 1.29 is 14.7 Å².